The SMILES string of the molecule is CC/C=C\C/C=C\C/C=C\CCCCC(=O)OC(COC(=O)CCCCCCC/C=C\CCCCC)COC(=O)CCCCCCCCC/C=C\CCCCCCCC. The topological polar surface area (TPSA) is 78.9 Å². The fourth-order valence-electron chi connectivity index (χ4n) is 6.74. The maximum absolute atomic E-state index is 12.7. The molecule has 0 N–H and O–H groups in total. The number of rotatable bonds is 44. The minimum atomic E-state index is -0.797. The van der Waals surface area contributed by atoms with E-state index in [0.717, 1.165) is 77.0 Å². The molecular formula is C53H92O6. The highest BCUT2D eigenvalue weighted by molar-refractivity contribution is 5.71. The van der Waals surface area contributed by atoms with Crippen LogP contribution in [0.3, 0.4) is 0 Å². The van der Waals surface area contributed by atoms with Crippen LogP contribution in [-0.4, -0.2) is 37.2 Å². The van der Waals surface area contributed by atoms with E-state index in [1.807, 2.05) is 0 Å². The second-order valence-corrected chi connectivity index (χ2v) is 16.3. The van der Waals surface area contributed by atoms with Crippen molar-refractivity contribution in [2.75, 3.05) is 13.2 Å². The van der Waals surface area contributed by atoms with Gasteiger partial charge in [-0.1, -0.05) is 178 Å². The Labute approximate surface area is 364 Å². The molecular weight excluding hydrogens is 733 g/mol. The zero-order chi connectivity index (χ0) is 43.0. The molecule has 0 aliphatic heterocycles. The minimum absolute atomic E-state index is 0.0944. The third kappa shape index (κ3) is 46.0. The molecule has 1 atom stereocenters. The molecule has 0 radical (unpaired) electrons. The average Bonchev–Trinajstić information content (AvgIpc) is 3.23. The van der Waals surface area contributed by atoms with E-state index >= 15 is 0 Å². The molecule has 0 aliphatic rings. The Morgan fingerprint density at radius 3 is 1.12 bits per heavy atom. The molecule has 0 saturated carbocycles. The molecule has 0 heterocycles. The molecule has 0 amide bonds. The monoisotopic (exact) mass is 825 g/mol. The number of hydrogen-bond donors (Lipinski definition) is 0. The Morgan fingerprint density at radius 1 is 0.356 bits per heavy atom. The van der Waals surface area contributed by atoms with Crippen molar-refractivity contribution in [3.05, 3.63) is 60.8 Å². The van der Waals surface area contributed by atoms with Crippen molar-refractivity contribution in [2.45, 2.75) is 245 Å². The summed E-state index contributed by atoms with van der Waals surface area (Å²) in [4.78, 5) is 37.8. The van der Waals surface area contributed by atoms with Crippen molar-refractivity contribution < 1.29 is 28.6 Å². The van der Waals surface area contributed by atoms with E-state index in [2.05, 4.69) is 81.5 Å². The fraction of sp³-hybridized carbons (Fsp3) is 0.755. The summed E-state index contributed by atoms with van der Waals surface area (Å²) in [7, 11) is 0. The van der Waals surface area contributed by atoms with Gasteiger partial charge in [0.25, 0.3) is 0 Å². The summed E-state index contributed by atoms with van der Waals surface area (Å²) in [6.45, 7) is 6.45. The molecule has 0 aromatic carbocycles. The number of esters is 3. The van der Waals surface area contributed by atoms with Gasteiger partial charge in [-0.25, -0.2) is 0 Å². The van der Waals surface area contributed by atoms with Crippen molar-refractivity contribution in [3.63, 3.8) is 0 Å². The zero-order valence-corrected chi connectivity index (χ0v) is 38.8. The van der Waals surface area contributed by atoms with Crippen LogP contribution in [0, 0.1) is 0 Å². The van der Waals surface area contributed by atoms with Gasteiger partial charge in [-0.05, 0) is 103 Å². The molecule has 0 aliphatic carbocycles. The molecule has 0 saturated heterocycles. The number of hydrogen-bond acceptors (Lipinski definition) is 6. The van der Waals surface area contributed by atoms with E-state index in [1.54, 1.807) is 0 Å². The smallest absolute Gasteiger partial charge is 0.306 e. The van der Waals surface area contributed by atoms with E-state index in [0.29, 0.717) is 19.3 Å². The predicted octanol–water partition coefficient (Wildman–Crippen LogP) is 16.1. The Morgan fingerprint density at radius 2 is 0.661 bits per heavy atom. The lowest BCUT2D eigenvalue weighted by Gasteiger charge is -2.18. The van der Waals surface area contributed by atoms with Gasteiger partial charge in [0.05, 0.1) is 0 Å². The second kappa shape index (κ2) is 47.8. The molecule has 6 heteroatoms. The van der Waals surface area contributed by atoms with Crippen molar-refractivity contribution in [1.29, 1.82) is 0 Å². The minimum Gasteiger partial charge on any atom is -0.462 e. The Hall–Kier alpha value is -2.89. The van der Waals surface area contributed by atoms with Gasteiger partial charge in [0.15, 0.2) is 6.10 Å². The van der Waals surface area contributed by atoms with Crippen molar-refractivity contribution in [2.24, 2.45) is 0 Å². The molecule has 0 aromatic rings. The molecule has 0 spiro atoms. The number of carbonyl (C=O) groups excluding carboxylic acids is 3. The van der Waals surface area contributed by atoms with Gasteiger partial charge in [0.2, 0.25) is 0 Å². The molecule has 1 unspecified atom stereocenters. The van der Waals surface area contributed by atoms with Crippen molar-refractivity contribution in [3.8, 4) is 0 Å². The molecule has 0 bridgehead atoms. The van der Waals surface area contributed by atoms with Crippen molar-refractivity contribution in [1.82, 2.24) is 0 Å². The van der Waals surface area contributed by atoms with Gasteiger partial charge in [-0.2, -0.15) is 0 Å². The Balaban J connectivity index is 4.40. The highest BCUT2D eigenvalue weighted by atomic mass is 16.6. The Bertz CT molecular complexity index is 1090. The third-order valence-electron chi connectivity index (χ3n) is 10.5. The average molecular weight is 825 g/mol. The predicted molar refractivity (Wildman–Crippen MR) is 251 cm³/mol. The summed E-state index contributed by atoms with van der Waals surface area (Å²) in [5.74, 6) is -0.947. The van der Waals surface area contributed by atoms with Crippen LogP contribution < -0.4 is 0 Å². The number of allylic oxidation sites excluding steroid dienone is 10. The summed E-state index contributed by atoms with van der Waals surface area (Å²) in [5.41, 5.74) is 0. The lowest BCUT2D eigenvalue weighted by molar-refractivity contribution is -0.167. The molecule has 0 rings (SSSR count). The van der Waals surface area contributed by atoms with E-state index < -0.39 is 6.10 Å². The maximum Gasteiger partial charge on any atom is 0.306 e. The maximum atomic E-state index is 12.7. The van der Waals surface area contributed by atoms with Crippen molar-refractivity contribution >= 4 is 17.9 Å². The molecule has 59 heavy (non-hydrogen) atoms. The summed E-state index contributed by atoms with van der Waals surface area (Å²) in [6.07, 6.45) is 57.8. The number of unbranched alkanes of at least 4 members (excludes halogenated alkanes) is 23. The summed E-state index contributed by atoms with van der Waals surface area (Å²) in [5, 5.41) is 0. The number of carbonyl (C=O) groups is 3. The quantitative estimate of drug-likeness (QED) is 0.0263. The first-order chi connectivity index (χ1) is 29.0. The van der Waals surface area contributed by atoms with Gasteiger partial charge in [-0.15, -0.1) is 0 Å². The standard InChI is InChI=1S/C53H92O6/c1-4-7-10-13-16-19-22-25-26-27-28-29-32-34-37-40-43-46-52(55)58-49-50(59-53(56)47-44-41-38-35-31-24-21-18-15-12-9-6-3)48-57-51(54)45-42-39-36-33-30-23-20-17-14-11-8-5-2/h9,12,17-18,20-21,25-26,31,35,50H,4-8,10-11,13-16,19,22-24,27-30,32-34,36-49H2,1-3H3/b12-9-,20-17-,21-18-,26-25-,35-31-. The van der Waals surface area contributed by atoms with Crippen LogP contribution in [0.5, 0.6) is 0 Å². The number of ether oxygens (including phenoxy) is 3. The third-order valence-corrected chi connectivity index (χ3v) is 10.5. The van der Waals surface area contributed by atoms with Crippen LogP contribution in [0.1, 0.15) is 239 Å². The van der Waals surface area contributed by atoms with Gasteiger partial charge in [-0.3, -0.25) is 14.4 Å². The molecule has 0 aromatic heterocycles. The van der Waals surface area contributed by atoms with Crippen LogP contribution in [0.15, 0.2) is 60.8 Å². The highest BCUT2D eigenvalue weighted by Crippen LogP contribution is 2.14. The zero-order valence-electron chi connectivity index (χ0n) is 38.8. The van der Waals surface area contributed by atoms with Gasteiger partial charge in [0, 0.05) is 19.3 Å². The second-order valence-electron chi connectivity index (χ2n) is 16.3. The summed E-state index contributed by atoms with van der Waals surface area (Å²) < 4.78 is 16.7. The molecule has 0 fully saturated rings. The summed E-state index contributed by atoms with van der Waals surface area (Å²) >= 11 is 0. The first-order valence-corrected chi connectivity index (χ1v) is 24.8. The van der Waals surface area contributed by atoms with Gasteiger partial charge >= 0.3 is 17.9 Å². The van der Waals surface area contributed by atoms with E-state index in [4.69, 9.17) is 14.2 Å². The van der Waals surface area contributed by atoms with Crippen LogP contribution >= 0.6 is 0 Å². The van der Waals surface area contributed by atoms with Crippen LogP contribution in [-0.2, 0) is 28.6 Å². The first-order valence-electron chi connectivity index (χ1n) is 24.8. The van der Waals surface area contributed by atoms with Crippen LogP contribution in [0.25, 0.3) is 0 Å². The normalized spacial score (nSPS) is 12.5. The lowest BCUT2D eigenvalue weighted by atomic mass is 10.1. The largest absolute Gasteiger partial charge is 0.462 e. The van der Waals surface area contributed by atoms with Crippen LogP contribution in [0.2, 0.25) is 0 Å². The fourth-order valence-corrected chi connectivity index (χ4v) is 6.74. The van der Waals surface area contributed by atoms with Crippen LogP contribution in [0.4, 0.5) is 0 Å². The van der Waals surface area contributed by atoms with E-state index in [-0.39, 0.29) is 37.5 Å². The lowest BCUT2D eigenvalue weighted by Crippen LogP contribution is -2.30. The first kappa shape index (κ1) is 56.1. The highest BCUT2D eigenvalue weighted by Gasteiger charge is 2.19. The van der Waals surface area contributed by atoms with E-state index in [1.165, 1.54) is 116 Å². The van der Waals surface area contributed by atoms with Gasteiger partial charge in [0.1, 0.15) is 13.2 Å². The molecule has 6 nitrogen and oxygen atoms in total. The summed E-state index contributed by atoms with van der Waals surface area (Å²) in [6, 6.07) is 0. The Kier molecular flexibility index (Phi) is 45.4. The van der Waals surface area contributed by atoms with E-state index in [9.17, 15) is 14.4 Å². The van der Waals surface area contributed by atoms with Gasteiger partial charge < -0.3 is 14.2 Å². The molecule has 340 valence electrons.